The lowest BCUT2D eigenvalue weighted by molar-refractivity contribution is -0.109. The van der Waals surface area contributed by atoms with E-state index in [0.717, 1.165) is 36.9 Å². The van der Waals surface area contributed by atoms with E-state index in [0.29, 0.717) is 0 Å². The van der Waals surface area contributed by atoms with Crippen molar-refractivity contribution in [3.05, 3.63) is 0 Å². The molecule has 4 aliphatic heterocycles. The van der Waals surface area contributed by atoms with Crippen LogP contribution in [0.2, 0.25) is 0 Å². The largest absolute Gasteiger partial charge is 0.381 e. The van der Waals surface area contributed by atoms with Gasteiger partial charge >= 0.3 is 0 Å². The Hall–Kier alpha value is -0.160. The quantitative estimate of drug-likeness (QED) is 0.840. The van der Waals surface area contributed by atoms with Gasteiger partial charge in [-0.25, -0.2) is 10.0 Å². The fraction of sp³-hybridized carbons (Fsp3) is 1.00. The van der Waals surface area contributed by atoms with Crippen LogP contribution in [-0.4, -0.2) is 62.5 Å². The third-order valence-electron chi connectivity index (χ3n) is 6.24. The molecule has 0 atom stereocenters. The number of hydrazine groups is 1. The van der Waals surface area contributed by atoms with Gasteiger partial charge in [0.2, 0.25) is 0 Å². The minimum absolute atomic E-state index is 0.883. The summed E-state index contributed by atoms with van der Waals surface area (Å²) in [6.45, 7) is 9.81. The zero-order valence-corrected chi connectivity index (χ0v) is 12.6. The molecular weight excluding hydrogens is 250 g/mol. The van der Waals surface area contributed by atoms with Gasteiger partial charge in [-0.05, 0) is 56.5 Å². The molecule has 4 saturated heterocycles. The van der Waals surface area contributed by atoms with E-state index >= 15 is 0 Å². The number of hydrogen-bond acceptors (Lipinski definition) is 4. The third kappa shape index (κ3) is 2.63. The van der Waals surface area contributed by atoms with Gasteiger partial charge in [0.25, 0.3) is 0 Å². The molecule has 0 aromatic rings. The molecule has 4 heteroatoms. The lowest BCUT2D eigenvalue weighted by Crippen LogP contribution is -2.54. The molecule has 0 bridgehead atoms. The van der Waals surface area contributed by atoms with E-state index < -0.39 is 0 Å². The molecule has 1 N–H and O–H groups in total. The van der Waals surface area contributed by atoms with Crippen LogP contribution in [0.5, 0.6) is 0 Å². The summed E-state index contributed by atoms with van der Waals surface area (Å²) in [5.74, 6) is 3.81. The predicted molar refractivity (Wildman–Crippen MR) is 79.3 cm³/mol. The summed E-state index contributed by atoms with van der Waals surface area (Å²) in [5.41, 5.74) is 0. The second kappa shape index (κ2) is 5.91. The van der Waals surface area contributed by atoms with Gasteiger partial charge in [0.15, 0.2) is 0 Å². The van der Waals surface area contributed by atoms with Crippen molar-refractivity contribution in [3.8, 4) is 0 Å². The maximum absolute atomic E-state index is 5.35. The summed E-state index contributed by atoms with van der Waals surface area (Å²) < 4.78 is 5.35. The molecule has 4 heterocycles. The number of hydrogen-bond donors (Lipinski definition) is 1. The van der Waals surface area contributed by atoms with E-state index in [9.17, 15) is 0 Å². The third-order valence-corrected chi connectivity index (χ3v) is 6.24. The maximum Gasteiger partial charge on any atom is 0.0519 e. The van der Waals surface area contributed by atoms with Crippen LogP contribution >= 0.6 is 0 Å². The number of ether oxygens (including phenoxy) is 1. The fourth-order valence-corrected chi connectivity index (χ4v) is 4.45. The SMILES string of the molecule is C1CN(N2CCC(C3COC3)CC2)CCC1C1CNC1. The monoisotopic (exact) mass is 279 g/mol. The van der Waals surface area contributed by atoms with E-state index in [1.807, 2.05) is 0 Å². The Morgan fingerprint density at radius 2 is 1.15 bits per heavy atom. The summed E-state index contributed by atoms with van der Waals surface area (Å²) in [4.78, 5) is 0. The lowest BCUT2D eigenvalue weighted by atomic mass is 9.81. The average molecular weight is 279 g/mol. The molecule has 0 aromatic carbocycles. The summed E-state index contributed by atoms with van der Waals surface area (Å²) in [6, 6.07) is 0. The maximum atomic E-state index is 5.35. The van der Waals surface area contributed by atoms with E-state index in [1.165, 1.54) is 65.0 Å². The Labute approximate surface area is 122 Å². The first-order chi connectivity index (χ1) is 9.90. The molecule has 0 spiro atoms. The number of rotatable bonds is 3. The smallest absolute Gasteiger partial charge is 0.0519 e. The molecule has 0 saturated carbocycles. The van der Waals surface area contributed by atoms with Crippen LogP contribution in [-0.2, 0) is 4.74 Å². The molecular formula is C16H29N3O. The minimum Gasteiger partial charge on any atom is -0.381 e. The first kappa shape index (κ1) is 13.5. The highest BCUT2D eigenvalue weighted by Gasteiger charge is 2.35. The second-order valence-electron chi connectivity index (χ2n) is 7.30. The van der Waals surface area contributed by atoms with Crippen LogP contribution < -0.4 is 5.32 Å². The van der Waals surface area contributed by atoms with Crippen molar-refractivity contribution in [2.45, 2.75) is 25.7 Å². The summed E-state index contributed by atoms with van der Waals surface area (Å²) in [5, 5.41) is 8.75. The van der Waals surface area contributed by atoms with E-state index in [-0.39, 0.29) is 0 Å². The van der Waals surface area contributed by atoms with Gasteiger partial charge in [-0.15, -0.1) is 0 Å². The highest BCUT2D eigenvalue weighted by molar-refractivity contribution is 4.86. The van der Waals surface area contributed by atoms with Gasteiger partial charge in [-0.1, -0.05) is 0 Å². The summed E-state index contributed by atoms with van der Waals surface area (Å²) in [6.07, 6.45) is 5.62. The molecule has 0 amide bonds. The van der Waals surface area contributed by atoms with Crippen molar-refractivity contribution >= 4 is 0 Å². The first-order valence-electron chi connectivity index (χ1n) is 8.68. The van der Waals surface area contributed by atoms with Crippen molar-refractivity contribution < 1.29 is 4.74 Å². The molecule has 0 aliphatic carbocycles. The van der Waals surface area contributed by atoms with Gasteiger partial charge in [0.1, 0.15) is 0 Å². The second-order valence-corrected chi connectivity index (χ2v) is 7.30. The first-order valence-corrected chi connectivity index (χ1v) is 8.68. The van der Waals surface area contributed by atoms with E-state index in [2.05, 4.69) is 15.3 Å². The van der Waals surface area contributed by atoms with Crippen LogP contribution in [0.4, 0.5) is 0 Å². The van der Waals surface area contributed by atoms with Gasteiger partial charge in [-0.2, -0.15) is 0 Å². The van der Waals surface area contributed by atoms with E-state index in [4.69, 9.17) is 4.74 Å². The van der Waals surface area contributed by atoms with Gasteiger partial charge < -0.3 is 10.1 Å². The molecule has 0 aromatic heterocycles. The molecule has 4 nitrogen and oxygen atoms in total. The fourth-order valence-electron chi connectivity index (χ4n) is 4.45. The average Bonchev–Trinajstić information content (AvgIpc) is 2.37. The van der Waals surface area contributed by atoms with Gasteiger partial charge in [-0.3, -0.25) is 0 Å². The summed E-state index contributed by atoms with van der Waals surface area (Å²) >= 11 is 0. The number of nitrogens with zero attached hydrogens (tertiary/aromatic N) is 2. The zero-order valence-electron chi connectivity index (χ0n) is 12.6. The van der Waals surface area contributed by atoms with Crippen LogP contribution in [0.1, 0.15) is 25.7 Å². The highest BCUT2D eigenvalue weighted by atomic mass is 16.5. The van der Waals surface area contributed by atoms with Crippen molar-refractivity contribution in [1.82, 2.24) is 15.3 Å². The summed E-state index contributed by atoms with van der Waals surface area (Å²) in [7, 11) is 0. The Bertz CT molecular complexity index is 282. The topological polar surface area (TPSA) is 27.7 Å². The Kier molecular flexibility index (Phi) is 3.99. The normalized spacial score (nSPS) is 33.0. The predicted octanol–water partition coefficient (Wildman–Crippen LogP) is 1.19. The van der Waals surface area contributed by atoms with Gasteiger partial charge in [0, 0.05) is 32.1 Å². The molecule has 0 radical (unpaired) electrons. The van der Waals surface area contributed by atoms with Crippen molar-refractivity contribution in [3.63, 3.8) is 0 Å². The van der Waals surface area contributed by atoms with Gasteiger partial charge in [0.05, 0.1) is 13.2 Å². The zero-order chi connectivity index (χ0) is 13.4. The Morgan fingerprint density at radius 1 is 0.650 bits per heavy atom. The van der Waals surface area contributed by atoms with Crippen LogP contribution in [0.25, 0.3) is 0 Å². The Morgan fingerprint density at radius 3 is 1.50 bits per heavy atom. The van der Waals surface area contributed by atoms with Crippen molar-refractivity contribution in [2.75, 3.05) is 52.5 Å². The highest BCUT2D eigenvalue weighted by Crippen LogP contribution is 2.32. The molecule has 114 valence electrons. The molecule has 0 unspecified atom stereocenters. The van der Waals surface area contributed by atoms with E-state index in [1.54, 1.807) is 0 Å². The molecule has 4 aliphatic rings. The minimum atomic E-state index is 0.883. The molecule has 4 fully saturated rings. The Balaban J connectivity index is 1.21. The molecule has 4 rings (SSSR count). The van der Waals surface area contributed by atoms with Crippen LogP contribution in [0.3, 0.4) is 0 Å². The molecule has 20 heavy (non-hydrogen) atoms. The van der Waals surface area contributed by atoms with Crippen LogP contribution in [0.15, 0.2) is 0 Å². The standard InChI is InChI=1S/C16H29N3O/c1-5-18(6-2-13(1)15-9-17-10-15)19-7-3-14(4-8-19)16-11-20-12-16/h13-17H,1-12H2. The van der Waals surface area contributed by atoms with Crippen molar-refractivity contribution in [2.24, 2.45) is 23.7 Å². The van der Waals surface area contributed by atoms with Crippen LogP contribution in [0, 0.1) is 23.7 Å². The van der Waals surface area contributed by atoms with Crippen molar-refractivity contribution in [1.29, 1.82) is 0 Å². The number of piperidine rings is 2. The lowest BCUT2D eigenvalue weighted by Gasteiger charge is -2.47. The number of nitrogens with one attached hydrogen (secondary N) is 1.